The molecule has 2 aromatic carbocycles. The summed E-state index contributed by atoms with van der Waals surface area (Å²) < 4.78 is 11.4. The molecule has 3 rings (SSSR count). The minimum absolute atomic E-state index is 0.0906. The number of primary amides is 1. The van der Waals surface area contributed by atoms with Crippen molar-refractivity contribution in [1.29, 1.82) is 0 Å². The summed E-state index contributed by atoms with van der Waals surface area (Å²) in [5.74, 6) is 0.0475. The fourth-order valence-electron chi connectivity index (χ4n) is 2.30. The minimum atomic E-state index is -0.639. The van der Waals surface area contributed by atoms with Gasteiger partial charge >= 0.3 is 0 Å². The van der Waals surface area contributed by atoms with Gasteiger partial charge in [0.1, 0.15) is 11.3 Å². The van der Waals surface area contributed by atoms with E-state index in [2.05, 4.69) is 4.99 Å². The second-order valence-corrected chi connectivity index (χ2v) is 5.07. The molecule has 0 atom stereocenters. The van der Waals surface area contributed by atoms with Crippen molar-refractivity contribution in [3.8, 4) is 11.5 Å². The van der Waals surface area contributed by atoms with Crippen molar-refractivity contribution >= 4 is 22.6 Å². The monoisotopic (exact) mass is 324 g/mol. The molecule has 0 saturated carbocycles. The van der Waals surface area contributed by atoms with Crippen molar-refractivity contribution in [2.45, 2.75) is 6.92 Å². The zero-order chi connectivity index (χ0) is 17.1. The van der Waals surface area contributed by atoms with Gasteiger partial charge < -0.3 is 20.0 Å². The number of para-hydroxylation sites is 1. The number of rotatable bonds is 4. The number of aromatic hydroxyl groups is 1. The molecule has 0 spiro atoms. The van der Waals surface area contributed by atoms with E-state index in [0.29, 0.717) is 29.0 Å². The first-order valence-electron chi connectivity index (χ1n) is 7.41. The molecule has 0 fully saturated rings. The Morgan fingerprint density at radius 2 is 2.00 bits per heavy atom. The van der Waals surface area contributed by atoms with Gasteiger partial charge in [0.15, 0.2) is 11.3 Å². The van der Waals surface area contributed by atoms with E-state index in [1.807, 2.05) is 13.0 Å². The number of fused-ring (bicyclic) bond motifs is 1. The topological polar surface area (TPSA) is 98.1 Å². The summed E-state index contributed by atoms with van der Waals surface area (Å²) in [5, 5.41) is 10.0. The van der Waals surface area contributed by atoms with Crippen LogP contribution in [0.1, 0.15) is 17.3 Å². The second kappa shape index (κ2) is 6.45. The van der Waals surface area contributed by atoms with E-state index in [1.165, 1.54) is 12.1 Å². The molecular formula is C18H16N2O4. The van der Waals surface area contributed by atoms with Gasteiger partial charge in [-0.05, 0) is 43.3 Å². The van der Waals surface area contributed by atoms with Crippen molar-refractivity contribution < 1.29 is 19.1 Å². The zero-order valence-corrected chi connectivity index (χ0v) is 13.0. The first-order chi connectivity index (χ1) is 11.6. The summed E-state index contributed by atoms with van der Waals surface area (Å²) in [5.41, 5.74) is 6.72. The summed E-state index contributed by atoms with van der Waals surface area (Å²) >= 11 is 0. The molecule has 0 aliphatic heterocycles. The maximum Gasteiger partial charge on any atom is 0.254 e. The molecule has 3 N–H and O–H groups in total. The van der Waals surface area contributed by atoms with Crippen LogP contribution < -0.4 is 16.0 Å². The van der Waals surface area contributed by atoms with E-state index in [0.717, 1.165) is 0 Å². The molecule has 24 heavy (non-hydrogen) atoms. The number of amides is 1. The predicted molar refractivity (Wildman–Crippen MR) is 89.2 cm³/mol. The lowest BCUT2D eigenvalue weighted by Gasteiger charge is -2.07. The third-order valence-corrected chi connectivity index (χ3v) is 3.38. The highest BCUT2D eigenvalue weighted by Crippen LogP contribution is 2.25. The van der Waals surface area contributed by atoms with Crippen molar-refractivity contribution in [2.24, 2.45) is 10.7 Å². The van der Waals surface area contributed by atoms with E-state index >= 15 is 0 Å². The quantitative estimate of drug-likeness (QED) is 0.771. The Balaban J connectivity index is 2.27. The Hall–Kier alpha value is -3.28. The number of nitrogens with two attached hydrogens (primary N) is 1. The number of phenolic OH excluding ortho intramolecular Hbond substituents is 1. The third-order valence-electron chi connectivity index (χ3n) is 3.38. The molecule has 3 aromatic rings. The van der Waals surface area contributed by atoms with Crippen LogP contribution in [-0.4, -0.2) is 17.6 Å². The number of carbonyl (C=O) groups excluding carboxylic acids is 1. The highest BCUT2D eigenvalue weighted by molar-refractivity contribution is 5.96. The summed E-state index contributed by atoms with van der Waals surface area (Å²) in [6.45, 7) is 2.36. The van der Waals surface area contributed by atoms with Crippen LogP contribution >= 0.6 is 0 Å². The van der Waals surface area contributed by atoms with Crippen molar-refractivity contribution in [1.82, 2.24) is 0 Å². The molecule has 0 aliphatic carbocycles. The fraction of sp³-hybridized carbons (Fsp3) is 0.111. The number of carbonyl (C=O) groups is 1. The molecule has 6 nitrogen and oxygen atoms in total. The smallest absolute Gasteiger partial charge is 0.254 e. The molecule has 0 aliphatic rings. The van der Waals surface area contributed by atoms with Gasteiger partial charge in [-0.1, -0.05) is 12.1 Å². The zero-order valence-electron chi connectivity index (χ0n) is 13.0. The molecule has 1 amide bonds. The van der Waals surface area contributed by atoms with Crippen LogP contribution in [0.15, 0.2) is 57.9 Å². The number of ether oxygens (including phenoxy) is 1. The minimum Gasteiger partial charge on any atom is -0.508 e. The van der Waals surface area contributed by atoms with Crippen LogP contribution in [0.3, 0.4) is 0 Å². The average Bonchev–Trinajstić information content (AvgIpc) is 2.57. The summed E-state index contributed by atoms with van der Waals surface area (Å²) in [4.78, 5) is 16.1. The fourth-order valence-corrected chi connectivity index (χ4v) is 2.30. The van der Waals surface area contributed by atoms with Gasteiger partial charge in [0.25, 0.3) is 5.91 Å². The van der Waals surface area contributed by atoms with Crippen LogP contribution in [0.2, 0.25) is 0 Å². The normalized spacial score (nSPS) is 11.6. The Morgan fingerprint density at radius 1 is 1.25 bits per heavy atom. The molecule has 0 saturated heterocycles. The number of benzene rings is 2. The largest absolute Gasteiger partial charge is 0.508 e. The number of nitrogens with zero attached hydrogens (tertiary/aromatic N) is 1. The van der Waals surface area contributed by atoms with Crippen LogP contribution in [-0.2, 0) is 0 Å². The molecule has 0 radical (unpaired) electrons. The van der Waals surface area contributed by atoms with E-state index in [9.17, 15) is 9.90 Å². The molecular weight excluding hydrogens is 308 g/mol. The van der Waals surface area contributed by atoms with Gasteiger partial charge in [-0.25, -0.2) is 4.99 Å². The lowest BCUT2D eigenvalue weighted by molar-refractivity contribution is 0.0996. The summed E-state index contributed by atoms with van der Waals surface area (Å²) in [6.07, 6.45) is 0. The summed E-state index contributed by atoms with van der Waals surface area (Å²) in [6, 6.07) is 13.2. The Kier molecular flexibility index (Phi) is 4.20. The Labute approximate surface area is 137 Å². The van der Waals surface area contributed by atoms with Gasteiger partial charge in [-0.2, -0.15) is 0 Å². The predicted octanol–water partition coefficient (Wildman–Crippen LogP) is 2.87. The van der Waals surface area contributed by atoms with Gasteiger partial charge in [-0.3, -0.25) is 4.79 Å². The summed E-state index contributed by atoms with van der Waals surface area (Å²) in [7, 11) is 0. The van der Waals surface area contributed by atoms with Gasteiger partial charge in [0, 0.05) is 5.39 Å². The molecule has 6 heteroatoms. The van der Waals surface area contributed by atoms with Gasteiger partial charge in [-0.15, -0.1) is 0 Å². The Morgan fingerprint density at radius 3 is 2.67 bits per heavy atom. The van der Waals surface area contributed by atoms with Crippen LogP contribution in [0.5, 0.6) is 11.5 Å². The lowest BCUT2D eigenvalue weighted by Crippen LogP contribution is -2.21. The molecule has 0 bridgehead atoms. The van der Waals surface area contributed by atoms with Crippen molar-refractivity contribution in [3.63, 3.8) is 0 Å². The van der Waals surface area contributed by atoms with E-state index in [-0.39, 0.29) is 16.9 Å². The first kappa shape index (κ1) is 15.6. The highest BCUT2D eigenvalue weighted by Gasteiger charge is 2.12. The van der Waals surface area contributed by atoms with E-state index in [1.54, 1.807) is 30.3 Å². The van der Waals surface area contributed by atoms with Gasteiger partial charge in [0.05, 0.1) is 12.3 Å². The Bertz CT molecular complexity index is 959. The molecule has 1 heterocycles. The lowest BCUT2D eigenvalue weighted by atomic mass is 10.1. The average molecular weight is 324 g/mol. The van der Waals surface area contributed by atoms with E-state index < -0.39 is 5.91 Å². The maximum absolute atomic E-state index is 11.8. The van der Waals surface area contributed by atoms with Crippen LogP contribution in [0.25, 0.3) is 11.0 Å². The number of hydrogen-bond donors (Lipinski definition) is 2. The number of phenols is 1. The maximum atomic E-state index is 11.8. The molecule has 122 valence electrons. The molecule has 0 unspecified atom stereocenters. The van der Waals surface area contributed by atoms with Crippen LogP contribution in [0.4, 0.5) is 5.69 Å². The highest BCUT2D eigenvalue weighted by atomic mass is 16.5. The van der Waals surface area contributed by atoms with Crippen molar-refractivity contribution in [3.05, 3.63) is 59.6 Å². The first-order valence-corrected chi connectivity index (χ1v) is 7.41. The van der Waals surface area contributed by atoms with Gasteiger partial charge in [0.2, 0.25) is 5.55 Å². The van der Waals surface area contributed by atoms with Crippen LogP contribution in [0, 0.1) is 0 Å². The number of hydrogen-bond acceptors (Lipinski definition) is 5. The van der Waals surface area contributed by atoms with Crippen molar-refractivity contribution in [2.75, 3.05) is 6.61 Å². The molecule has 1 aromatic heterocycles. The second-order valence-electron chi connectivity index (χ2n) is 5.07. The standard InChI is InChI=1S/C18H16N2O4/c1-2-23-15-5-3-4-11-10-14(17(19)22)18(24-16(11)15)20-12-6-8-13(21)9-7-12/h3-10,21H,2H2,1H3,(H2,19,22). The third kappa shape index (κ3) is 3.08. The van der Waals surface area contributed by atoms with E-state index in [4.69, 9.17) is 14.9 Å². The SMILES string of the molecule is CCOc1cccc2cc(C(N)=O)c(=Nc3ccc(O)cc3)oc12.